The lowest BCUT2D eigenvalue weighted by Gasteiger charge is -2.16. The number of carbonyl (C=O) groups is 3. The lowest BCUT2D eigenvalue weighted by molar-refractivity contribution is -0.138. The number of nitrogens with two attached hydrogens (primary N) is 2. The summed E-state index contributed by atoms with van der Waals surface area (Å²) < 4.78 is 4.93. The molecule has 24 heavy (non-hydrogen) atoms. The van der Waals surface area contributed by atoms with E-state index >= 15 is 0 Å². The molecule has 1 aromatic rings. The molecule has 0 saturated heterocycles. The van der Waals surface area contributed by atoms with E-state index in [0.29, 0.717) is 0 Å². The van der Waals surface area contributed by atoms with Gasteiger partial charge in [-0.1, -0.05) is 5.16 Å². The number of nitrogens with one attached hydrogen (secondary N) is 2. The predicted molar refractivity (Wildman–Crippen MR) is 78.2 cm³/mol. The van der Waals surface area contributed by atoms with Gasteiger partial charge in [-0.3, -0.25) is 9.59 Å². The van der Waals surface area contributed by atoms with Crippen molar-refractivity contribution in [2.75, 3.05) is 0 Å². The number of aromatic nitrogens is 2. The maximum Gasteiger partial charge on any atom is 0.325 e. The highest BCUT2D eigenvalue weighted by atomic mass is 16.5. The normalized spacial score (nSPS) is 15.8. The van der Waals surface area contributed by atoms with Crippen LogP contribution in [0.25, 0.3) is 0 Å². The lowest BCUT2D eigenvalue weighted by atomic mass is 10.2. The van der Waals surface area contributed by atoms with Crippen LogP contribution in [0, 0.1) is 0 Å². The summed E-state index contributed by atoms with van der Waals surface area (Å²) in [7, 11) is 0. The molecule has 1 unspecified atom stereocenters. The molecule has 4 atom stereocenters. The average Bonchev–Trinajstić information content (AvgIpc) is 2.94. The summed E-state index contributed by atoms with van der Waals surface area (Å²) in [5, 5.41) is 26.2. The van der Waals surface area contributed by atoms with Crippen LogP contribution in [0.3, 0.4) is 0 Å². The number of amides is 3. The quantitative estimate of drug-likeness (QED) is 0.312. The Hall–Kier alpha value is -2.73. The van der Waals surface area contributed by atoms with Crippen LogP contribution in [0.15, 0.2) is 4.52 Å². The van der Waals surface area contributed by atoms with Crippen LogP contribution in [0.1, 0.15) is 44.1 Å². The fraction of sp³-hybridized carbons (Fsp3) is 0.583. The van der Waals surface area contributed by atoms with Gasteiger partial charge < -0.3 is 36.8 Å². The van der Waals surface area contributed by atoms with Crippen molar-refractivity contribution >= 4 is 17.9 Å². The number of aliphatic hydroxyl groups excluding tert-OH is 1. The molecular weight excluding hydrogens is 324 g/mol. The van der Waals surface area contributed by atoms with Gasteiger partial charge in [0, 0.05) is 0 Å². The van der Waals surface area contributed by atoms with E-state index in [1.165, 1.54) is 13.8 Å². The van der Waals surface area contributed by atoms with Gasteiger partial charge in [-0.15, -0.1) is 0 Å². The summed E-state index contributed by atoms with van der Waals surface area (Å²) in [4.78, 5) is 37.6. The Morgan fingerprint density at radius 3 is 2.42 bits per heavy atom. The summed E-state index contributed by atoms with van der Waals surface area (Å²) >= 11 is 0. The number of aliphatic carboxylic acids is 1. The second kappa shape index (κ2) is 8.21. The van der Waals surface area contributed by atoms with Gasteiger partial charge in [0.05, 0.1) is 18.6 Å². The molecule has 8 N–H and O–H groups in total. The molecule has 0 bridgehead atoms. The monoisotopic (exact) mass is 344 g/mol. The molecule has 0 aromatic carbocycles. The first-order valence-corrected chi connectivity index (χ1v) is 6.97. The molecule has 134 valence electrons. The number of rotatable bonds is 8. The van der Waals surface area contributed by atoms with Crippen molar-refractivity contribution in [2.45, 2.75) is 44.5 Å². The molecule has 12 heteroatoms. The minimum absolute atomic E-state index is 0.0180. The van der Waals surface area contributed by atoms with Crippen molar-refractivity contribution in [1.29, 1.82) is 0 Å². The topological polar surface area (TPSA) is 207 Å². The zero-order valence-corrected chi connectivity index (χ0v) is 13.1. The first-order valence-electron chi connectivity index (χ1n) is 6.97. The largest absolute Gasteiger partial charge is 0.480 e. The number of carboxylic acid groups (broad SMARTS) is 1. The standard InChI is InChI=1S/C12H20N6O6/c1-4(11(21)22)15-12(23)16-6(3-7(13)20)10-17-9(18-24-10)8(14)5(2)19/h4-6,8,19H,3,14H2,1-2H3,(H2,13,20)(H,21,22)(H2,15,16,23)/t4-,5?,6-,8-/m1/s1. The van der Waals surface area contributed by atoms with Gasteiger partial charge in [-0.25, -0.2) is 4.79 Å². The molecule has 3 amide bonds. The molecule has 0 aliphatic carbocycles. The third kappa shape index (κ3) is 5.48. The highest BCUT2D eigenvalue weighted by molar-refractivity contribution is 5.83. The molecule has 1 rings (SSSR count). The van der Waals surface area contributed by atoms with Crippen molar-refractivity contribution in [2.24, 2.45) is 11.5 Å². The SMILES string of the molecule is CC(O)[C@@H](N)c1noc([C@@H](CC(N)=O)NC(=O)N[C@H](C)C(=O)O)n1. The van der Waals surface area contributed by atoms with Crippen LogP contribution in [0.5, 0.6) is 0 Å². The highest BCUT2D eigenvalue weighted by Gasteiger charge is 2.27. The van der Waals surface area contributed by atoms with E-state index in [1.807, 2.05) is 0 Å². The number of hydrogen-bond acceptors (Lipinski definition) is 8. The molecule has 0 aliphatic rings. The van der Waals surface area contributed by atoms with Crippen LogP contribution < -0.4 is 22.1 Å². The number of aliphatic hydroxyl groups is 1. The van der Waals surface area contributed by atoms with E-state index in [4.69, 9.17) is 21.1 Å². The van der Waals surface area contributed by atoms with Crippen molar-refractivity contribution in [3.63, 3.8) is 0 Å². The molecular formula is C12H20N6O6. The van der Waals surface area contributed by atoms with Gasteiger partial charge in [0.1, 0.15) is 12.1 Å². The molecule has 1 aromatic heterocycles. The van der Waals surface area contributed by atoms with Crippen molar-refractivity contribution in [1.82, 2.24) is 20.8 Å². The summed E-state index contributed by atoms with van der Waals surface area (Å²) in [6.45, 7) is 2.69. The number of nitrogens with zero attached hydrogens (tertiary/aromatic N) is 2. The van der Waals surface area contributed by atoms with E-state index in [-0.39, 0.29) is 18.1 Å². The second-order valence-corrected chi connectivity index (χ2v) is 5.16. The van der Waals surface area contributed by atoms with E-state index in [0.717, 1.165) is 0 Å². The fourth-order valence-electron chi connectivity index (χ4n) is 1.60. The zero-order chi connectivity index (χ0) is 18.4. The first-order chi connectivity index (χ1) is 11.1. The minimum atomic E-state index is -1.24. The molecule has 0 spiro atoms. The molecule has 0 radical (unpaired) electrons. The third-order valence-corrected chi connectivity index (χ3v) is 3.00. The number of hydrogen-bond donors (Lipinski definition) is 6. The molecule has 0 aliphatic heterocycles. The molecule has 1 heterocycles. The fourth-order valence-corrected chi connectivity index (χ4v) is 1.60. The predicted octanol–water partition coefficient (Wildman–Crippen LogP) is -1.86. The molecule has 0 saturated carbocycles. The smallest absolute Gasteiger partial charge is 0.325 e. The summed E-state index contributed by atoms with van der Waals surface area (Å²) in [6.07, 6.45) is -1.31. The number of urea groups is 1. The van der Waals surface area contributed by atoms with Crippen LogP contribution in [-0.4, -0.2) is 50.4 Å². The van der Waals surface area contributed by atoms with E-state index < -0.39 is 42.1 Å². The van der Waals surface area contributed by atoms with Crippen molar-refractivity contribution < 1.29 is 29.1 Å². The van der Waals surface area contributed by atoms with E-state index in [1.54, 1.807) is 0 Å². The minimum Gasteiger partial charge on any atom is -0.480 e. The lowest BCUT2D eigenvalue weighted by Crippen LogP contribution is -2.46. The van der Waals surface area contributed by atoms with Crippen LogP contribution in [-0.2, 0) is 9.59 Å². The van der Waals surface area contributed by atoms with E-state index in [9.17, 15) is 19.5 Å². The van der Waals surface area contributed by atoms with Gasteiger partial charge in [0.25, 0.3) is 0 Å². The average molecular weight is 344 g/mol. The Kier molecular flexibility index (Phi) is 6.61. The highest BCUT2D eigenvalue weighted by Crippen LogP contribution is 2.18. The van der Waals surface area contributed by atoms with Crippen molar-refractivity contribution in [3.8, 4) is 0 Å². The number of carbonyl (C=O) groups excluding carboxylic acids is 2. The second-order valence-electron chi connectivity index (χ2n) is 5.16. The Morgan fingerprint density at radius 1 is 1.29 bits per heavy atom. The van der Waals surface area contributed by atoms with Gasteiger partial charge >= 0.3 is 12.0 Å². The van der Waals surface area contributed by atoms with Crippen LogP contribution in [0.2, 0.25) is 0 Å². The van der Waals surface area contributed by atoms with Crippen LogP contribution in [0.4, 0.5) is 4.79 Å². The molecule has 12 nitrogen and oxygen atoms in total. The van der Waals surface area contributed by atoms with Gasteiger partial charge in [-0.05, 0) is 13.8 Å². The Labute approximate surface area is 136 Å². The van der Waals surface area contributed by atoms with Gasteiger partial charge in [0.2, 0.25) is 11.8 Å². The van der Waals surface area contributed by atoms with Crippen LogP contribution >= 0.6 is 0 Å². The first kappa shape index (κ1) is 19.3. The third-order valence-electron chi connectivity index (χ3n) is 3.00. The number of primary amides is 1. The summed E-state index contributed by atoms with van der Waals surface area (Å²) in [5.74, 6) is -2.17. The summed E-state index contributed by atoms with van der Waals surface area (Å²) in [6, 6.07) is -4.01. The van der Waals surface area contributed by atoms with E-state index in [2.05, 4.69) is 20.8 Å². The van der Waals surface area contributed by atoms with Gasteiger partial charge in [0.15, 0.2) is 5.82 Å². The van der Waals surface area contributed by atoms with Gasteiger partial charge in [-0.2, -0.15) is 4.98 Å². The maximum absolute atomic E-state index is 11.8. The number of carboxylic acids is 1. The summed E-state index contributed by atoms with van der Waals surface area (Å²) in [5.41, 5.74) is 10.8. The van der Waals surface area contributed by atoms with Crippen molar-refractivity contribution in [3.05, 3.63) is 11.7 Å². The Bertz CT molecular complexity index is 603. The Balaban J connectivity index is 2.87. The maximum atomic E-state index is 11.8. The molecule has 0 fully saturated rings. The Morgan fingerprint density at radius 2 is 1.92 bits per heavy atom. The zero-order valence-electron chi connectivity index (χ0n) is 13.1.